The third kappa shape index (κ3) is 5.74. The van der Waals surface area contributed by atoms with Crippen molar-refractivity contribution in [3.63, 3.8) is 0 Å². The molecule has 1 amide bonds. The Labute approximate surface area is 199 Å². The van der Waals surface area contributed by atoms with Crippen LogP contribution in [0.1, 0.15) is 16.7 Å². The molecule has 8 nitrogen and oxygen atoms in total. The highest BCUT2D eigenvalue weighted by Crippen LogP contribution is 2.29. The number of hydrogen-bond donors (Lipinski definition) is 1. The minimum atomic E-state index is -3.99. The molecule has 0 bridgehead atoms. The van der Waals surface area contributed by atoms with Crippen molar-refractivity contribution in [1.82, 2.24) is 5.43 Å². The molecule has 0 aliphatic heterocycles. The summed E-state index contributed by atoms with van der Waals surface area (Å²) in [5.41, 5.74) is 5.26. The van der Waals surface area contributed by atoms with Crippen LogP contribution in [-0.4, -0.2) is 41.3 Å². The van der Waals surface area contributed by atoms with E-state index in [0.29, 0.717) is 22.7 Å². The Bertz CT molecular complexity index is 1270. The number of ether oxygens (including phenoxy) is 2. The van der Waals surface area contributed by atoms with Gasteiger partial charge in [0.25, 0.3) is 15.9 Å². The molecule has 3 aromatic carbocycles. The lowest BCUT2D eigenvalue weighted by molar-refractivity contribution is -0.119. The van der Waals surface area contributed by atoms with Gasteiger partial charge >= 0.3 is 0 Å². The Kier molecular flexibility index (Phi) is 7.91. The largest absolute Gasteiger partial charge is 0.493 e. The first-order valence-corrected chi connectivity index (χ1v) is 11.9. The highest BCUT2D eigenvalue weighted by molar-refractivity contribution is 7.92. The number of methoxy groups -OCH3 is 2. The van der Waals surface area contributed by atoms with Gasteiger partial charge in [-0.15, -0.1) is 0 Å². The number of carbonyl (C=O) groups excluding carboxylic acids is 1. The number of nitrogens with zero attached hydrogens (tertiary/aromatic N) is 2. The molecule has 0 saturated heterocycles. The molecule has 0 fully saturated rings. The number of amides is 1. The van der Waals surface area contributed by atoms with Crippen LogP contribution in [0, 0.1) is 13.8 Å². The fourth-order valence-corrected chi connectivity index (χ4v) is 4.64. The zero-order valence-corrected chi connectivity index (χ0v) is 20.3. The number of sulfonamides is 1. The van der Waals surface area contributed by atoms with Crippen molar-refractivity contribution in [3.05, 3.63) is 83.4 Å². The number of para-hydroxylation sites is 1. The second kappa shape index (κ2) is 10.8. The molecule has 1 N–H and O–H groups in total. The molecule has 178 valence electrons. The molecule has 9 heteroatoms. The van der Waals surface area contributed by atoms with E-state index in [1.165, 1.54) is 32.6 Å². The van der Waals surface area contributed by atoms with E-state index in [2.05, 4.69) is 10.5 Å². The molecular weight excluding hydrogens is 454 g/mol. The maximum Gasteiger partial charge on any atom is 0.264 e. The maximum absolute atomic E-state index is 13.4. The van der Waals surface area contributed by atoms with Gasteiger partial charge in [-0.05, 0) is 50.2 Å². The Morgan fingerprint density at radius 2 is 1.56 bits per heavy atom. The summed E-state index contributed by atoms with van der Waals surface area (Å²) in [6.07, 6.45) is 1.41. The van der Waals surface area contributed by atoms with Gasteiger partial charge in [-0.3, -0.25) is 9.10 Å². The molecule has 0 saturated carbocycles. The van der Waals surface area contributed by atoms with Gasteiger partial charge in [0.1, 0.15) is 6.54 Å². The van der Waals surface area contributed by atoms with Gasteiger partial charge in [-0.1, -0.05) is 41.5 Å². The zero-order valence-electron chi connectivity index (χ0n) is 19.5. The van der Waals surface area contributed by atoms with Gasteiger partial charge in [0.15, 0.2) is 11.5 Å². The zero-order chi connectivity index (χ0) is 24.7. The van der Waals surface area contributed by atoms with Crippen molar-refractivity contribution in [2.75, 3.05) is 25.1 Å². The second-order valence-corrected chi connectivity index (χ2v) is 9.40. The van der Waals surface area contributed by atoms with Crippen LogP contribution in [0.5, 0.6) is 11.5 Å². The van der Waals surface area contributed by atoms with Crippen LogP contribution in [0.15, 0.2) is 76.7 Å². The summed E-state index contributed by atoms with van der Waals surface area (Å²) in [4.78, 5) is 12.8. The van der Waals surface area contributed by atoms with E-state index >= 15 is 0 Å². The number of carbonyl (C=O) groups is 1. The predicted molar refractivity (Wildman–Crippen MR) is 132 cm³/mol. The molecule has 0 radical (unpaired) electrons. The highest BCUT2D eigenvalue weighted by Gasteiger charge is 2.27. The Hall–Kier alpha value is -3.85. The van der Waals surface area contributed by atoms with Crippen LogP contribution in [0.3, 0.4) is 0 Å². The van der Waals surface area contributed by atoms with E-state index in [4.69, 9.17) is 9.47 Å². The first-order valence-electron chi connectivity index (χ1n) is 10.4. The topological polar surface area (TPSA) is 97.3 Å². The number of hydrazone groups is 1. The Morgan fingerprint density at radius 1 is 0.941 bits per heavy atom. The van der Waals surface area contributed by atoms with Gasteiger partial charge in [0, 0.05) is 5.56 Å². The number of benzene rings is 3. The summed E-state index contributed by atoms with van der Waals surface area (Å²) in [6, 6.07) is 18.6. The molecule has 0 unspecified atom stereocenters. The molecule has 0 aliphatic carbocycles. The Balaban J connectivity index is 1.84. The average molecular weight is 482 g/mol. The molecule has 0 heterocycles. The smallest absolute Gasteiger partial charge is 0.264 e. The molecule has 0 spiro atoms. The third-order valence-corrected chi connectivity index (χ3v) is 6.83. The molecule has 0 atom stereocenters. The van der Waals surface area contributed by atoms with Crippen molar-refractivity contribution in [1.29, 1.82) is 0 Å². The molecule has 3 rings (SSSR count). The van der Waals surface area contributed by atoms with E-state index in [-0.39, 0.29) is 4.90 Å². The van der Waals surface area contributed by atoms with E-state index in [0.717, 1.165) is 15.4 Å². The monoisotopic (exact) mass is 481 g/mol. The van der Waals surface area contributed by atoms with Crippen LogP contribution < -0.4 is 19.2 Å². The van der Waals surface area contributed by atoms with Crippen molar-refractivity contribution in [3.8, 4) is 11.5 Å². The molecular formula is C25H27N3O5S. The summed E-state index contributed by atoms with van der Waals surface area (Å²) in [7, 11) is -0.966. The number of aryl methyl sites for hydroxylation is 2. The van der Waals surface area contributed by atoms with Gasteiger partial charge in [-0.25, -0.2) is 13.8 Å². The number of rotatable bonds is 9. The standard InChI is InChI=1S/C25H27N3O5S/c1-18-8-12-21(13-9-18)28(34(30,31)22-14-10-19(2)11-15-22)17-24(29)27-26-16-20-6-5-7-23(32-3)25(20)33-4/h5-16H,17H2,1-4H3,(H,27,29)/b26-16-. The minimum absolute atomic E-state index is 0.0936. The van der Waals surface area contributed by atoms with E-state index in [1.807, 2.05) is 13.8 Å². The van der Waals surface area contributed by atoms with Crippen LogP contribution in [0.2, 0.25) is 0 Å². The van der Waals surface area contributed by atoms with Crippen LogP contribution in [0.4, 0.5) is 5.69 Å². The van der Waals surface area contributed by atoms with Crippen LogP contribution >= 0.6 is 0 Å². The summed E-state index contributed by atoms with van der Waals surface area (Å²) >= 11 is 0. The van der Waals surface area contributed by atoms with Crippen molar-refractivity contribution < 1.29 is 22.7 Å². The van der Waals surface area contributed by atoms with Gasteiger partial charge in [0.05, 0.1) is 31.0 Å². The lowest BCUT2D eigenvalue weighted by atomic mass is 10.2. The third-order valence-electron chi connectivity index (χ3n) is 5.04. The first kappa shape index (κ1) is 24.8. The van der Waals surface area contributed by atoms with E-state index in [9.17, 15) is 13.2 Å². The van der Waals surface area contributed by atoms with Gasteiger partial charge in [-0.2, -0.15) is 5.10 Å². The Morgan fingerprint density at radius 3 is 2.15 bits per heavy atom. The summed E-state index contributed by atoms with van der Waals surface area (Å²) in [6.45, 7) is 3.32. The second-order valence-electron chi connectivity index (χ2n) is 7.54. The fraction of sp³-hybridized carbons (Fsp3) is 0.200. The van der Waals surface area contributed by atoms with E-state index < -0.39 is 22.5 Å². The SMILES string of the molecule is COc1cccc(/C=N\NC(=O)CN(c2ccc(C)cc2)S(=O)(=O)c2ccc(C)cc2)c1OC. The molecule has 3 aromatic rings. The van der Waals surface area contributed by atoms with Crippen LogP contribution in [0.25, 0.3) is 0 Å². The lowest BCUT2D eigenvalue weighted by Gasteiger charge is -2.24. The highest BCUT2D eigenvalue weighted by atomic mass is 32.2. The molecule has 0 aromatic heterocycles. The van der Waals surface area contributed by atoms with Crippen LogP contribution in [-0.2, 0) is 14.8 Å². The molecule has 34 heavy (non-hydrogen) atoms. The maximum atomic E-state index is 13.4. The lowest BCUT2D eigenvalue weighted by Crippen LogP contribution is -2.39. The van der Waals surface area contributed by atoms with Crippen molar-refractivity contribution in [2.24, 2.45) is 5.10 Å². The number of nitrogens with one attached hydrogen (secondary N) is 1. The normalized spacial score (nSPS) is 11.3. The first-order chi connectivity index (χ1) is 16.3. The quantitative estimate of drug-likeness (QED) is 0.372. The predicted octanol–water partition coefficient (Wildman–Crippen LogP) is 3.67. The average Bonchev–Trinajstić information content (AvgIpc) is 2.83. The van der Waals surface area contributed by atoms with Gasteiger partial charge < -0.3 is 9.47 Å². The van der Waals surface area contributed by atoms with E-state index in [1.54, 1.807) is 54.6 Å². The fourth-order valence-electron chi connectivity index (χ4n) is 3.22. The molecule has 0 aliphatic rings. The minimum Gasteiger partial charge on any atom is -0.493 e. The van der Waals surface area contributed by atoms with Crippen molar-refractivity contribution in [2.45, 2.75) is 18.7 Å². The number of anilines is 1. The summed E-state index contributed by atoms with van der Waals surface area (Å²) < 4.78 is 38.4. The summed E-state index contributed by atoms with van der Waals surface area (Å²) in [5.74, 6) is 0.383. The van der Waals surface area contributed by atoms with Crippen molar-refractivity contribution >= 4 is 27.8 Å². The van der Waals surface area contributed by atoms with Gasteiger partial charge in [0.2, 0.25) is 0 Å². The number of hydrogen-bond acceptors (Lipinski definition) is 6. The summed E-state index contributed by atoms with van der Waals surface area (Å²) in [5, 5.41) is 3.97.